The summed E-state index contributed by atoms with van der Waals surface area (Å²) in [6.45, 7) is 8.47. The topological polar surface area (TPSA) is 33.9 Å². The summed E-state index contributed by atoms with van der Waals surface area (Å²) >= 11 is 0. The summed E-state index contributed by atoms with van der Waals surface area (Å²) in [4.78, 5) is 14.0. The summed E-state index contributed by atoms with van der Waals surface area (Å²) in [5.41, 5.74) is -0.681. The number of nitrogens with zero attached hydrogens (tertiary/aromatic N) is 2. The highest BCUT2D eigenvalue weighted by Crippen LogP contribution is 2.06. The molecular weight excluding hydrogens is 156 g/mol. The number of esters is 1. The lowest BCUT2D eigenvalue weighted by Gasteiger charge is -2.19. The van der Waals surface area contributed by atoms with Gasteiger partial charge in [-0.05, 0) is 20.8 Å². The first-order chi connectivity index (χ1) is 6.56. The summed E-state index contributed by atoms with van der Waals surface area (Å²) in [5.74, 6) is -0.727. The zero-order valence-corrected chi connectivity index (χ0v) is 7.42. The van der Waals surface area contributed by atoms with Crippen LogP contribution >= 0.6 is 0 Å². The lowest BCUT2D eigenvalue weighted by Crippen LogP contribution is -2.30. The van der Waals surface area contributed by atoms with E-state index in [2.05, 4.69) is 4.95 Å². The molecule has 0 heterocycles. The van der Waals surface area contributed by atoms with E-state index in [0.29, 0.717) is 5.01 Å². The fourth-order valence-corrected chi connectivity index (χ4v) is 0.531. The van der Waals surface area contributed by atoms with Crippen molar-refractivity contribution < 1.29 is 13.6 Å². The van der Waals surface area contributed by atoms with Crippen molar-refractivity contribution in [2.24, 2.45) is 0 Å². The normalized spacial score (nSPS) is 15.0. The van der Waals surface area contributed by atoms with Crippen molar-refractivity contribution in [1.29, 1.82) is 0 Å². The monoisotopic (exact) mass is 173 g/mol. The SMILES string of the molecule is [2H]C([2H])([2H])N(CC(=O)OC(C)(C)C)[N+]#[C-]. The molecule has 0 aromatic heterocycles. The fraction of sp³-hybridized carbons (Fsp3) is 0.750. The van der Waals surface area contributed by atoms with E-state index in [1.165, 1.54) is 0 Å². The van der Waals surface area contributed by atoms with Gasteiger partial charge in [0.2, 0.25) is 0 Å². The standard InChI is InChI=1S/C8H14N2O2/c1-8(2,3)12-7(11)6-10(5)9-4/h6H2,1-3,5H3/i5D3. The molecule has 0 radical (unpaired) electrons. The molecule has 0 rings (SSSR count). The second-order valence-electron chi connectivity index (χ2n) is 3.24. The van der Waals surface area contributed by atoms with E-state index in [4.69, 9.17) is 15.4 Å². The van der Waals surface area contributed by atoms with Crippen molar-refractivity contribution in [1.82, 2.24) is 5.01 Å². The predicted octanol–water partition coefficient (Wildman–Crippen LogP) is 1.09. The van der Waals surface area contributed by atoms with Crippen molar-refractivity contribution in [3.63, 3.8) is 0 Å². The largest absolute Gasteiger partial charge is 0.458 e. The molecule has 0 aromatic carbocycles. The van der Waals surface area contributed by atoms with Crippen LogP contribution in [-0.4, -0.2) is 30.1 Å². The van der Waals surface area contributed by atoms with Crippen molar-refractivity contribution in [2.45, 2.75) is 26.4 Å². The van der Waals surface area contributed by atoms with Crippen LogP contribution in [-0.2, 0) is 9.53 Å². The van der Waals surface area contributed by atoms with Crippen LogP contribution in [0.2, 0.25) is 0 Å². The van der Waals surface area contributed by atoms with Crippen molar-refractivity contribution in [3.8, 4) is 0 Å². The summed E-state index contributed by atoms with van der Waals surface area (Å²) in [7, 11) is 0. The first-order valence-electron chi connectivity index (χ1n) is 4.93. The van der Waals surface area contributed by atoms with Crippen LogP contribution in [0, 0.1) is 6.57 Å². The third-order valence-corrected chi connectivity index (χ3v) is 0.820. The number of carbonyl (C=O) groups excluding carboxylic acids is 1. The summed E-state index contributed by atoms with van der Waals surface area (Å²) in [6, 6.07) is 0. The molecule has 4 nitrogen and oxygen atoms in total. The molecular formula is C8H14N2O2. The average molecular weight is 173 g/mol. The Balaban J connectivity index is 4.36. The highest BCUT2D eigenvalue weighted by Gasteiger charge is 2.18. The van der Waals surface area contributed by atoms with Gasteiger partial charge in [0, 0.05) is 0 Å². The maximum Gasteiger partial charge on any atom is 0.332 e. The van der Waals surface area contributed by atoms with E-state index in [1.807, 2.05) is 0 Å². The Bertz CT molecular complexity index is 275. The van der Waals surface area contributed by atoms with Gasteiger partial charge in [0.15, 0.2) is 6.54 Å². The first kappa shape index (κ1) is 6.30. The van der Waals surface area contributed by atoms with E-state index in [1.54, 1.807) is 20.8 Å². The van der Waals surface area contributed by atoms with E-state index in [0.717, 1.165) is 0 Å². The molecule has 12 heavy (non-hydrogen) atoms. The van der Waals surface area contributed by atoms with Crippen molar-refractivity contribution >= 4 is 5.97 Å². The molecule has 68 valence electrons. The second kappa shape index (κ2) is 3.96. The molecule has 0 aliphatic rings. The van der Waals surface area contributed by atoms with E-state index < -0.39 is 25.1 Å². The van der Waals surface area contributed by atoms with Crippen LogP contribution in [0.15, 0.2) is 0 Å². The minimum absolute atomic E-state index is 0.390. The van der Waals surface area contributed by atoms with Gasteiger partial charge in [-0.1, -0.05) is 0 Å². The van der Waals surface area contributed by atoms with Crippen LogP contribution in [0.5, 0.6) is 0 Å². The van der Waals surface area contributed by atoms with Gasteiger partial charge in [-0.2, -0.15) is 11.5 Å². The van der Waals surface area contributed by atoms with Crippen LogP contribution in [0.25, 0.3) is 4.95 Å². The molecule has 0 saturated heterocycles. The molecule has 4 heteroatoms. The first-order valence-corrected chi connectivity index (χ1v) is 3.43. The number of rotatable bonds is 2. The average Bonchev–Trinajstić information content (AvgIpc) is 1.94. The maximum atomic E-state index is 11.2. The molecule has 0 fully saturated rings. The Morgan fingerprint density at radius 2 is 2.33 bits per heavy atom. The third kappa shape index (κ3) is 5.54. The minimum Gasteiger partial charge on any atom is -0.458 e. The Morgan fingerprint density at radius 1 is 1.75 bits per heavy atom. The van der Waals surface area contributed by atoms with Gasteiger partial charge in [0.25, 0.3) is 0 Å². The number of ether oxygens (including phenoxy) is 1. The van der Waals surface area contributed by atoms with Gasteiger partial charge in [0.05, 0.1) is 11.1 Å². The molecule has 0 saturated carbocycles. The predicted molar refractivity (Wildman–Crippen MR) is 45.1 cm³/mol. The quantitative estimate of drug-likeness (QED) is 0.356. The number of hydrogen-bond donors (Lipinski definition) is 0. The van der Waals surface area contributed by atoms with Gasteiger partial charge in [-0.15, -0.1) is 5.01 Å². The lowest BCUT2D eigenvalue weighted by atomic mass is 10.2. The van der Waals surface area contributed by atoms with Crippen LogP contribution < -0.4 is 0 Å². The smallest absolute Gasteiger partial charge is 0.332 e. The Kier molecular flexibility index (Phi) is 2.08. The lowest BCUT2D eigenvalue weighted by molar-refractivity contribution is -0.155. The zero-order valence-electron chi connectivity index (χ0n) is 10.4. The molecule has 0 aliphatic carbocycles. The number of hydrogen-bond acceptors (Lipinski definition) is 3. The van der Waals surface area contributed by atoms with Crippen molar-refractivity contribution in [3.05, 3.63) is 11.5 Å². The van der Waals surface area contributed by atoms with Crippen LogP contribution in [0.3, 0.4) is 0 Å². The fourth-order valence-electron chi connectivity index (χ4n) is 0.531. The molecule has 0 aromatic rings. The van der Waals surface area contributed by atoms with Gasteiger partial charge in [0.1, 0.15) is 5.60 Å². The van der Waals surface area contributed by atoms with E-state index in [-0.39, 0.29) is 0 Å². The second-order valence-corrected chi connectivity index (χ2v) is 3.24. The van der Waals surface area contributed by atoms with Gasteiger partial charge in [-0.25, -0.2) is 4.79 Å². The molecule has 0 unspecified atom stereocenters. The number of likely N-dealkylation sites (N-methyl/N-ethyl adjacent to an activating group) is 1. The van der Waals surface area contributed by atoms with E-state index in [9.17, 15) is 4.79 Å². The molecule has 0 atom stereocenters. The highest BCUT2D eigenvalue weighted by molar-refractivity contribution is 5.72. The van der Waals surface area contributed by atoms with Gasteiger partial charge >= 0.3 is 5.97 Å². The Hall–Kier alpha value is -1.24. The number of carbonyl (C=O) groups is 1. The molecule has 0 N–H and O–H groups in total. The summed E-state index contributed by atoms with van der Waals surface area (Å²) in [5, 5.41) is 0.390. The highest BCUT2D eigenvalue weighted by atomic mass is 16.6. The zero-order chi connectivity index (χ0) is 12.3. The summed E-state index contributed by atoms with van der Waals surface area (Å²) < 4.78 is 25.7. The van der Waals surface area contributed by atoms with Crippen molar-refractivity contribution in [2.75, 3.05) is 13.5 Å². The van der Waals surface area contributed by atoms with Crippen LogP contribution in [0.4, 0.5) is 0 Å². The van der Waals surface area contributed by atoms with Gasteiger partial charge < -0.3 is 4.74 Å². The third-order valence-electron chi connectivity index (χ3n) is 0.820. The molecule has 0 aliphatic heterocycles. The minimum atomic E-state index is -2.60. The molecule has 0 bridgehead atoms. The molecule has 0 amide bonds. The molecule has 0 spiro atoms. The Labute approximate surface area is 77.1 Å². The maximum absolute atomic E-state index is 11.2. The van der Waals surface area contributed by atoms with Gasteiger partial charge in [-0.3, -0.25) is 0 Å². The Morgan fingerprint density at radius 3 is 2.67 bits per heavy atom. The van der Waals surface area contributed by atoms with Crippen LogP contribution in [0.1, 0.15) is 24.9 Å². The van der Waals surface area contributed by atoms with E-state index >= 15 is 0 Å². The summed E-state index contributed by atoms with van der Waals surface area (Å²) in [6.07, 6.45) is 0.